The highest BCUT2D eigenvalue weighted by molar-refractivity contribution is 6.10. The van der Waals surface area contributed by atoms with Gasteiger partial charge < -0.3 is 4.74 Å². The molecule has 0 atom stereocenters. The van der Waals surface area contributed by atoms with E-state index in [0.29, 0.717) is 11.3 Å². The monoisotopic (exact) mass is 369 g/mol. The van der Waals surface area contributed by atoms with Gasteiger partial charge in [-0.2, -0.15) is 0 Å². The van der Waals surface area contributed by atoms with Crippen LogP contribution in [-0.4, -0.2) is 36.2 Å². The number of nitrogens with zero attached hydrogens (tertiary/aromatic N) is 3. The fraction of sp³-hybridized carbons (Fsp3) is 0.421. The standard InChI is InChI=1S/C17H20F3N3O.C2H6/c1-11(2)16-21-15(8-9-23(16)22(4)5)14-7-6-13(10-12(14)3)24-17(18,19)20;1-2/h6-10H,1-5H3;1-2H3. The Morgan fingerprint density at radius 2 is 1.77 bits per heavy atom. The van der Waals surface area contributed by atoms with E-state index in [4.69, 9.17) is 0 Å². The summed E-state index contributed by atoms with van der Waals surface area (Å²) in [4.78, 5) is 4.65. The molecule has 0 fully saturated rings. The van der Waals surface area contributed by atoms with Crippen LogP contribution >= 0.6 is 0 Å². The maximum atomic E-state index is 12.3. The minimum atomic E-state index is -4.70. The molecule has 1 aliphatic heterocycles. The van der Waals surface area contributed by atoms with Crippen molar-refractivity contribution in [2.45, 2.75) is 41.0 Å². The molecule has 1 aromatic rings. The first kappa shape index (κ1) is 21.8. The lowest BCUT2D eigenvalue weighted by Crippen LogP contribution is -2.33. The van der Waals surface area contributed by atoms with E-state index in [0.717, 1.165) is 17.0 Å². The van der Waals surface area contributed by atoms with Crippen molar-refractivity contribution >= 4 is 5.71 Å². The summed E-state index contributed by atoms with van der Waals surface area (Å²) < 4.78 is 40.9. The van der Waals surface area contributed by atoms with E-state index in [2.05, 4.69) is 9.73 Å². The van der Waals surface area contributed by atoms with Gasteiger partial charge in [-0.1, -0.05) is 13.8 Å². The molecule has 26 heavy (non-hydrogen) atoms. The summed E-state index contributed by atoms with van der Waals surface area (Å²) in [5.41, 5.74) is 3.14. The molecule has 144 valence electrons. The molecule has 0 bridgehead atoms. The number of hydrogen-bond donors (Lipinski definition) is 0. The zero-order valence-electron chi connectivity index (χ0n) is 16.3. The van der Waals surface area contributed by atoms with E-state index in [1.165, 1.54) is 12.1 Å². The minimum absolute atomic E-state index is 0.235. The van der Waals surface area contributed by atoms with Crippen molar-refractivity contribution in [2.24, 2.45) is 4.99 Å². The third-order valence-corrected chi connectivity index (χ3v) is 3.40. The maximum Gasteiger partial charge on any atom is 0.573 e. The van der Waals surface area contributed by atoms with Gasteiger partial charge in [0.25, 0.3) is 0 Å². The van der Waals surface area contributed by atoms with Crippen LogP contribution in [0.4, 0.5) is 13.2 Å². The first-order chi connectivity index (χ1) is 12.1. The Hall–Kier alpha value is -2.28. The Morgan fingerprint density at radius 3 is 2.23 bits per heavy atom. The zero-order chi connectivity index (χ0) is 20.1. The molecule has 0 radical (unpaired) electrons. The smallest absolute Gasteiger partial charge is 0.406 e. The van der Waals surface area contributed by atoms with Gasteiger partial charge in [-0.15, -0.1) is 13.2 Å². The number of benzene rings is 1. The van der Waals surface area contributed by atoms with Crippen LogP contribution in [0.15, 0.2) is 46.9 Å². The van der Waals surface area contributed by atoms with Gasteiger partial charge in [-0.3, -0.25) is 5.01 Å². The van der Waals surface area contributed by atoms with Crippen LogP contribution in [0.2, 0.25) is 0 Å². The molecule has 0 amide bonds. The quantitative estimate of drug-likeness (QED) is 0.727. The molecule has 0 unspecified atom stereocenters. The molecule has 0 aliphatic carbocycles. The van der Waals surface area contributed by atoms with Gasteiger partial charge in [0, 0.05) is 25.9 Å². The molecule has 0 saturated heterocycles. The van der Waals surface area contributed by atoms with Crippen LogP contribution < -0.4 is 4.74 Å². The Balaban J connectivity index is 0.00000163. The summed E-state index contributed by atoms with van der Waals surface area (Å²) >= 11 is 0. The number of aliphatic imine (C=N–C) groups is 1. The predicted molar refractivity (Wildman–Crippen MR) is 98.8 cm³/mol. The number of allylic oxidation sites excluding steroid dienone is 2. The number of rotatable bonds is 3. The number of halogens is 3. The average Bonchev–Trinajstić information content (AvgIpc) is 2.54. The summed E-state index contributed by atoms with van der Waals surface area (Å²) in [6, 6.07) is 4.25. The van der Waals surface area contributed by atoms with E-state index >= 15 is 0 Å². The van der Waals surface area contributed by atoms with Gasteiger partial charge in [-0.25, -0.2) is 10.0 Å². The fourth-order valence-electron chi connectivity index (χ4n) is 2.35. The van der Waals surface area contributed by atoms with E-state index in [1.807, 2.05) is 64.1 Å². The first-order valence-corrected chi connectivity index (χ1v) is 8.36. The van der Waals surface area contributed by atoms with Crippen LogP contribution in [0.5, 0.6) is 5.75 Å². The molecule has 2 rings (SSSR count). The second kappa shape index (κ2) is 8.89. The lowest BCUT2D eigenvalue weighted by atomic mass is 10.0. The normalized spacial score (nSPS) is 14.0. The van der Waals surface area contributed by atoms with E-state index in [1.54, 1.807) is 13.0 Å². The summed E-state index contributed by atoms with van der Waals surface area (Å²) in [6.07, 6.45) is -0.985. The van der Waals surface area contributed by atoms with Gasteiger partial charge in [0.1, 0.15) is 11.6 Å². The van der Waals surface area contributed by atoms with Gasteiger partial charge in [0.05, 0.1) is 5.71 Å². The van der Waals surface area contributed by atoms with Gasteiger partial charge in [0.2, 0.25) is 0 Å². The number of aryl methyl sites for hydroxylation is 1. The third kappa shape index (κ3) is 5.62. The largest absolute Gasteiger partial charge is 0.573 e. The number of alkyl halides is 3. The Kier molecular flexibility index (Phi) is 7.44. The molecule has 0 spiro atoms. The second-order valence-electron chi connectivity index (χ2n) is 5.85. The van der Waals surface area contributed by atoms with E-state index in [-0.39, 0.29) is 5.75 Å². The summed E-state index contributed by atoms with van der Waals surface area (Å²) in [5, 5.41) is 3.79. The molecular formula is C19H26F3N3O. The van der Waals surface area contributed by atoms with E-state index in [9.17, 15) is 13.2 Å². The summed E-state index contributed by atoms with van der Waals surface area (Å²) in [6.45, 7) is 9.65. The molecule has 0 saturated carbocycles. The molecule has 7 heteroatoms. The third-order valence-electron chi connectivity index (χ3n) is 3.40. The first-order valence-electron chi connectivity index (χ1n) is 8.36. The molecular weight excluding hydrogens is 343 g/mol. The lowest BCUT2D eigenvalue weighted by Gasteiger charge is -2.31. The number of hydrogen-bond acceptors (Lipinski definition) is 4. The van der Waals surface area contributed by atoms with Crippen LogP contribution in [0.1, 0.15) is 38.8 Å². The topological polar surface area (TPSA) is 28.1 Å². The van der Waals surface area contributed by atoms with Crippen LogP contribution in [-0.2, 0) is 0 Å². The molecule has 1 heterocycles. The second-order valence-corrected chi connectivity index (χ2v) is 5.85. The molecule has 4 nitrogen and oxygen atoms in total. The van der Waals surface area contributed by atoms with Gasteiger partial charge >= 0.3 is 6.36 Å². The van der Waals surface area contributed by atoms with Crippen molar-refractivity contribution in [3.63, 3.8) is 0 Å². The SMILES string of the molecule is CC.CC(C)=C1N=C(c2ccc(OC(F)(F)F)cc2C)C=CN1N(C)C. The van der Waals surface area contributed by atoms with Crippen molar-refractivity contribution in [1.82, 2.24) is 10.0 Å². The van der Waals surface area contributed by atoms with Gasteiger partial charge in [-0.05, 0) is 56.2 Å². The number of hydrazine groups is 1. The average molecular weight is 369 g/mol. The minimum Gasteiger partial charge on any atom is -0.406 e. The summed E-state index contributed by atoms with van der Waals surface area (Å²) in [5.74, 6) is 0.550. The van der Waals surface area contributed by atoms with Crippen molar-refractivity contribution in [3.05, 3.63) is 53.0 Å². The fourth-order valence-corrected chi connectivity index (χ4v) is 2.35. The van der Waals surface area contributed by atoms with Gasteiger partial charge in [0.15, 0.2) is 0 Å². The number of ether oxygens (including phenoxy) is 1. The highest BCUT2D eigenvalue weighted by Crippen LogP contribution is 2.27. The highest BCUT2D eigenvalue weighted by atomic mass is 19.4. The molecule has 1 aliphatic rings. The van der Waals surface area contributed by atoms with Crippen molar-refractivity contribution in [1.29, 1.82) is 0 Å². The van der Waals surface area contributed by atoms with Crippen molar-refractivity contribution < 1.29 is 17.9 Å². The molecule has 0 aromatic heterocycles. The molecule has 1 aromatic carbocycles. The van der Waals surface area contributed by atoms with E-state index < -0.39 is 6.36 Å². The predicted octanol–water partition coefficient (Wildman–Crippen LogP) is 5.27. The van der Waals surface area contributed by atoms with Crippen molar-refractivity contribution in [3.8, 4) is 5.75 Å². The Bertz CT molecular complexity index is 715. The highest BCUT2D eigenvalue weighted by Gasteiger charge is 2.31. The van der Waals surface area contributed by atoms with Crippen molar-refractivity contribution in [2.75, 3.05) is 14.1 Å². The zero-order valence-corrected chi connectivity index (χ0v) is 16.3. The van der Waals surface area contributed by atoms with Crippen LogP contribution in [0, 0.1) is 6.92 Å². The lowest BCUT2D eigenvalue weighted by molar-refractivity contribution is -0.274. The Morgan fingerprint density at radius 1 is 1.15 bits per heavy atom. The van der Waals surface area contributed by atoms with Crippen LogP contribution in [0.3, 0.4) is 0 Å². The Labute approximate surface area is 153 Å². The van der Waals surface area contributed by atoms with Crippen LogP contribution in [0.25, 0.3) is 0 Å². The maximum absolute atomic E-state index is 12.3. The summed E-state index contributed by atoms with van der Waals surface area (Å²) in [7, 11) is 3.81. The molecule has 0 N–H and O–H groups in total.